The number of ether oxygens (including phenoxy) is 3. The summed E-state index contributed by atoms with van der Waals surface area (Å²) in [5.41, 5.74) is 11.4. The van der Waals surface area contributed by atoms with Crippen LogP contribution < -0.4 is 35.1 Å². The number of para-hydroxylation sites is 1. The molecule has 6 aromatic heterocycles. The van der Waals surface area contributed by atoms with Gasteiger partial charge in [-0.1, -0.05) is 54.6 Å². The zero-order chi connectivity index (χ0) is 62.3. The highest BCUT2D eigenvalue weighted by atomic mass is 32.1. The van der Waals surface area contributed by atoms with Gasteiger partial charge in [0.15, 0.2) is 38.9 Å². The molecule has 1 aliphatic rings. The Balaban J connectivity index is 0.708. The minimum atomic E-state index is -0.440. The third-order valence-corrected chi connectivity index (χ3v) is 17.0. The molecule has 452 valence electrons. The van der Waals surface area contributed by atoms with Crippen molar-refractivity contribution in [1.82, 2.24) is 34.2 Å². The zero-order valence-corrected chi connectivity index (χ0v) is 50.4. The number of amides is 3. The molecular formula is C70H57N11O9S. The number of rotatable bonds is 18. The number of thiazole rings is 1. The average Bonchev–Trinajstić information content (AvgIpc) is 2.48. The number of pyridine rings is 2. The molecule has 0 radical (unpaired) electrons. The number of carbonyl (C=O) groups excluding carboxylic acids is 3. The minimum Gasteiger partial charge on any atom is -0.493 e. The van der Waals surface area contributed by atoms with Crippen molar-refractivity contribution in [2.24, 2.45) is 0 Å². The van der Waals surface area contributed by atoms with Gasteiger partial charge >= 0.3 is 0 Å². The van der Waals surface area contributed by atoms with E-state index in [4.69, 9.17) is 33.0 Å². The van der Waals surface area contributed by atoms with Crippen LogP contribution in [-0.2, 0) is 13.1 Å². The van der Waals surface area contributed by atoms with Crippen LogP contribution in [0.15, 0.2) is 191 Å². The Kier molecular flexibility index (Phi) is 15.4. The summed E-state index contributed by atoms with van der Waals surface area (Å²) >= 11 is 1.57. The molecule has 0 aliphatic carbocycles. The second-order valence-corrected chi connectivity index (χ2v) is 22.9. The number of methoxy groups -OCH3 is 3. The number of anilines is 4. The molecule has 0 spiro atoms. The molecule has 3 amide bonds. The highest BCUT2D eigenvalue weighted by molar-refractivity contribution is 7.15. The quantitative estimate of drug-likeness (QED) is 0.0625. The van der Waals surface area contributed by atoms with E-state index < -0.39 is 5.91 Å². The van der Waals surface area contributed by atoms with E-state index in [1.807, 2.05) is 127 Å². The van der Waals surface area contributed by atoms with Gasteiger partial charge in [0.2, 0.25) is 17.5 Å². The van der Waals surface area contributed by atoms with E-state index in [2.05, 4.69) is 45.6 Å². The minimum absolute atomic E-state index is 0.253. The molecule has 20 nitrogen and oxygen atoms in total. The van der Waals surface area contributed by atoms with Crippen LogP contribution in [-0.4, -0.2) is 105 Å². The lowest BCUT2D eigenvalue weighted by Gasteiger charge is -2.21. The van der Waals surface area contributed by atoms with Crippen LogP contribution in [0.4, 0.5) is 22.7 Å². The molecule has 0 bridgehead atoms. The lowest BCUT2D eigenvalue weighted by atomic mass is 9.97. The van der Waals surface area contributed by atoms with E-state index in [1.165, 1.54) is 21.3 Å². The van der Waals surface area contributed by atoms with E-state index >= 15 is 0 Å². The number of hydrogen-bond acceptors (Lipinski definition) is 17. The topological polar surface area (TPSA) is 237 Å². The van der Waals surface area contributed by atoms with Gasteiger partial charge < -0.3 is 49.0 Å². The van der Waals surface area contributed by atoms with Crippen LogP contribution in [0.25, 0.3) is 83.5 Å². The number of carbonyl (C=O) groups is 3. The zero-order valence-electron chi connectivity index (χ0n) is 49.6. The van der Waals surface area contributed by atoms with Gasteiger partial charge in [-0.25, -0.2) is 15.0 Å². The first-order valence-corrected chi connectivity index (χ1v) is 30.1. The maximum atomic E-state index is 14.5. The van der Waals surface area contributed by atoms with Crippen molar-refractivity contribution in [3.8, 4) is 62.5 Å². The van der Waals surface area contributed by atoms with Crippen molar-refractivity contribution in [2.45, 2.75) is 25.6 Å². The van der Waals surface area contributed by atoms with Crippen molar-refractivity contribution in [3.63, 3.8) is 0 Å². The fraction of sp³-hybridized carbons (Fsp3) is 0.143. The van der Waals surface area contributed by atoms with Crippen molar-refractivity contribution in [2.75, 3.05) is 62.3 Å². The number of oxazole rings is 2. The summed E-state index contributed by atoms with van der Waals surface area (Å²) in [4.78, 5) is 70.9. The third-order valence-electron chi connectivity index (χ3n) is 16.1. The maximum absolute atomic E-state index is 14.5. The lowest BCUT2D eigenvalue weighted by molar-refractivity contribution is 0.101. The number of fused-ring (bicyclic) bond motifs is 4. The first-order valence-electron chi connectivity index (χ1n) is 29.2. The van der Waals surface area contributed by atoms with Gasteiger partial charge in [-0.05, 0) is 137 Å². The summed E-state index contributed by atoms with van der Waals surface area (Å²) in [5.74, 6) is 0.438. The number of β-amino-alcohol motifs (C(OH)–C–C–N with tert-alkyl or cyclic N) is 1. The molecule has 1 saturated heterocycles. The van der Waals surface area contributed by atoms with Gasteiger partial charge in [0.25, 0.3) is 17.7 Å². The number of nitrogens with zero attached hydrogens (tertiary/aromatic N) is 8. The molecule has 0 unspecified atom stereocenters. The lowest BCUT2D eigenvalue weighted by Crippen LogP contribution is -2.22. The van der Waals surface area contributed by atoms with Gasteiger partial charge in [-0.2, -0.15) is 9.97 Å². The highest BCUT2D eigenvalue weighted by Crippen LogP contribution is 2.41. The van der Waals surface area contributed by atoms with Crippen LogP contribution in [0.2, 0.25) is 0 Å². The molecule has 4 N–H and O–H groups in total. The number of benzene rings is 7. The second-order valence-electron chi connectivity index (χ2n) is 22.0. The van der Waals surface area contributed by atoms with Crippen molar-refractivity contribution in [3.05, 3.63) is 210 Å². The predicted octanol–water partition coefficient (Wildman–Crippen LogP) is 13.3. The Hall–Kier alpha value is -11.3. The summed E-state index contributed by atoms with van der Waals surface area (Å²) in [7, 11) is 6.38. The Morgan fingerprint density at radius 2 is 1.26 bits per heavy atom. The van der Waals surface area contributed by atoms with Crippen molar-refractivity contribution >= 4 is 90.0 Å². The predicted molar refractivity (Wildman–Crippen MR) is 350 cm³/mol. The highest BCUT2D eigenvalue weighted by Gasteiger charge is 2.25. The van der Waals surface area contributed by atoms with Gasteiger partial charge in [-0.3, -0.25) is 23.7 Å². The molecule has 0 saturated carbocycles. The molecule has 1 aliphatic heterocycles. The van der Waals surface area contributed by atoms with E-state index in [0.29, 0.717) is 98.7 Å². The first kappa shape index (κ1) is 57.5. The Morgan fingerprint density at radius 1 is 0.626 bits per heavy atom. The SMILES string of the molecule is COc1cc(C(=O)Nc2ccc(CN(C)c3cccc(C(=O)Nc4ccc(-c5ccc6ccc(C(=O)Nc7ccccc7-c7cn8c(CN9CC[C@@H](O)C9)csc8n7)cc6c5)cc4-c4nc5ncccc5o4)c3)cc2-c2nc3ncccc3o2)cc(OC)c1OC. The van der Waals surface area contributed by atoms with Crippen LogP contribution in [0, 0.1) is 0 Å². The standard InChI is InChI=1S/C70H57N11O9S/c1-79(35-40-16-22-55(52(28-40)68-77-63-58(89-68)14-8-25-71-63)75-67(85)47-33-60(86-2)62(88-4)61(34-47)87-3)48-11-7-10-44(31-48)65(83)74-56-23-21-43(32-53(56)69-78-64-59(90-69)15-9-26-72-64)42-19-17-41-18-20-45(30-46(41)29-42)66(84)73-54-13-6-5-12-51(54)57-38-81-49(39-91-70(81)76-57)36-80-27-24-50(82)37-80/h5-23,25-26,28-34,38-39,50,82H,24,27,35-37H2,1-4H3,(H,73,84)(H,74,83)(H,75,85)/t50-/m1/s1. The molecule has 7 aromatic carbocycles. The molecule has 1 fully saturated rings. The van der Waals surface area contributed by atoms with Crippen molar-refractivity contribution in [1.29, 1.82) is 0 Å². The average molecular weight is 1230 g/mol. The number of likely N-dealkylation sites (tertiary alicyclic amines) is 1. The summed E-state index contributed by atoms with van der Waals surface area (Å²) < 4.78 is 31.1. The van der Waals surface area contributed by atoms with Crippen molar-refractivity contribution < 1.29 is 42.5 Å². The first-order chi connectivity index (χ1) is 44.4. The Bertz CT molecular complexity index is 4890. The van der Waals surface area contributed by atoms with Crippen LogP contribution in [0.5, 0.6) is 17.2 Å². The van der Waals surface area contributed by atoms with Crippen LogP contribution in [0.3, 0.4) is 0 Å². The molecule has 1 atom stereocenters. The molecule has 7 heterocycles. The Morgan fingerprint density at radius 3 is 1.95 bits per heavy atom. The summed E-state index contributed by atoms with van der Waals surface area (Å²) in [6.45, 7) is 2.60. The normalized spacial score (nSPS) is 13.3. The van der Waals surface area contributed by atoms with Gasteiger partial charge in [0.1, 0.15) is 0 Å². The monoisotopic (exact) mass is 1230 g/mol. The van der Waals surface area contributed by atoms with E-state index in [9.17, 15) is 19.5 Å². The molecular weight excluding hydrogens is 1170 g/mol. The van der Waals surface area contributed by atoms with Crippen LogP contribution in [0.1, 0.15) is 48.8 Å². The van der Waals surface area contributed by atoms with Gasteiger partial charge in [0, 0.05) is 90.8 Å². The largest absolute Gasteiger partial charge is 0.493 e. The second kappa shape index (κ2) is 24.4. The number of aromatic nitrogens is 6. The smallest absolute Gasteiger partial charge is 0.255 e. The number of nitrogens with one attached hydrogen (secondary N) is 3. The van der Waals surface area contributed by atoms with E-state index in [0.717, 1.165) is 68.0 Å². The number of hydrogen-bond donors (Lipinski definition) is 4. The molecule has 91 heavy (non-hydrogen) atoms. The summed E-state index contributed by atoms with van der Waals surface area (Å²) in [6.07, 6.45) is 5.76. The Labute approximate surface area is 524 Å². The molecule has 21 heteroatoms. The summed E-state index contributed by atoms with van der Waals surface area (Å²) in [5, 5.41) is 23.3. The van der Waals surface area contributed by atoms with Gasteiger partial charge in [0.05, 0.1) is 61.3 Å². The molecule has 13 aromatic rings. The van der Waals surface area contributed by atoms with Crippen LogP contribution >= 0.6 is 11.3 Å². The fourth-order valence-corrected chi connectivity index (χ4v) is 12.3. The maximum Gasteiger partial charge on any atom is 0.255 e. The number of aliphatic hydroxyl groups excluding tert-OH is 1. The van der Waals surface area contributed by atoms with Gasteiger partial charge in [-0.15, -0.1) is 11.3 Å². The third kappa shape index (κ3) is 11.6. The molecule has 14 rings (SSSR count). The fourth-order valence-electron chi connectivity index (χ4n) is 11.4. The summed E-state index contributed by atoms with van der Waals surface area (Å²) in [6, 6.07) is 48.2. The van der Waals surface area contributed by atoms with E-state index in [1.54, 1.807) is 72.3 Å². The number of imidazole rings is 1. The van der Waals surface area contributed by atoms with E-state index in [-0.39, 0.29) is 35.3 Å². The number of aliphatic hydroxyl groups is 1.